The number of phenols is 1. The fourth-order valence-electron chi connectivity index (χ4n) is 1.96. The summed E-state index contributed by atoms with van der Waals surface area (Å²) in [4.78, 5) is 22.8. The first kappa shape index (κ1) is 13.7. The molecule has 0 radical (unpaired) electrons. The van der Waals surface area contributed by atoms with E-state index in [0.717, 1.165) is 12.8 Å². The van der Waals surface area contributed by atoms with Crippen molar-refractivity contribution in [1.82, 2.24) is 5.32 Å². The van der Waals surface area contributed by atoms with Crippen LogP contribution in [0.1, 0.15) is 29.6 Å². The van der Waals surface area contributed by atoms with Crippen molar-refractivity contribution in [1.29, 1.82) is 0 Å². The predicted octanol–water partition coefficient (Wildman–Crippen LogP) is 2.03. The zero-order chi connectivity index (χ0) is 14.0. The maximum absolute atomic E-state index is 12.0. The van der Waals surface area contributed by atoms with Gasteiger partial charge in [0, 0.05) is 6.04 Å². The number of carbonyl (C=O) groups excluding carboxylic acids is 1. The molecule has 1 aromatic carbocycles. The minimum atomic E-state index is -0.945. The highest BCUT2D eigenvalue weighted by molar-refractivity contribution is 6.33. The summed E-state index contributed by atoms with van der Waals surface area (Å²) in [6.07, 6.45) is 1.74. The van der Waals surface area contributed by atoms with Crippen LogP contribution in [0, 0.1) is 5.92 Å². The number of benzene rings is 1. The van der Waals surface area contributed by atoms with E-state index in [9.17, 15) is 14.7 Å². The van der Waals surface area contributed by atoms with E-state index in [1.54, 1.807) is 0 Å². The van der Waals surface area contributed by atoms with Crippen molar-refractivity contribution in [3.05, 3.63) is 28.8 Å². The van der Waals surface area contributed by atoms with Gasteiger partial charge in [0.15, 0.2) is 0 Å². The monoisotopic (exact) mass is 283 g/mol. The van der Waals surface area contributed by atoms with E-state index in [-0.39, 0.29) is 34.7 Å². The SMILES string of the molecule is O=C(O)CC(NC(=O)c1cc(O)ccc1Cl)C1CC1. The van der Waals surface area contributed by atoms with Crippen LogP contribution in [0.4, 0.5) is 0 Å². The summed E-state index contributed by atoms with van der Waals surface area (Å²) in [7, 11) is 0. The van der Waals surface area contributed by atoms with Gasteiger partial charge in [0.2, 0.25) is 0 Å². The van der Waals surface area contributed by atoms with Gasteiger partial charge in [-0.25, -0.2) is 0 Å². The van der Waals surface area contributed by atoms with Crippen molar-refractivity contribution >= 4 is 23.5 Å². The zero-order valence-corrected chi connectivity index (χ0v) is 10.9. The lowest BCUT2D eigenvalue weighted by atomic mass is 10.1. The summed E-state index contributed by atoms with van der Waals surface area (Å²) in [6, 6.07) is 3.69. The molecule has 0 heterocycles. The summed E-state index contributed by atoms with van der Waals surface area (Å²) in [5.41, 5.74) is 0.151. The molecule has 1 fully saturated rings. The van der Waals surface area contributed by atoms with Gasteiger partial charge in [0.25, 0.3) is 5.91 Å². The molecule has 0 spiro atoms. The Balaban J connectivity index is 2.10. The molecule has 1 unspecified atom stereocenters. The molecule has 1 saturated carbocycles. The molecule has 5 nitrogen and oxygen atoms in total. The lowest BCUT2D eigenvalue weighted by Crippen LogP contribution is -2.38. The standard InChI is InChI=1S/C13H14ClNO4/c14-10-4-3-8(16)5-9(10)13(19)15-11(6-12(17)18)7-1-2-7/h3-5,7,11,16H,1-2,6H2,(H,15,19)(H,17,18). The summed E-state index contributed by atoms with van der Waals surface area (Å²) in [6.45, 7) is 0. The van der Waals surface area contributed by atoms with Gasteiger partial charge in [-0.3, -0.25) is 9.59 Å². The molecule has 0 aromatic heterocycles. The number of carbonyl (C=O) groups is 2. The average Bonchev–Trinajstić information content (AvgIpc) is 3.14. The van der Waals surface area contributed by atoms with Crippen molar-refractivity contribution in [2.24, 2.45) is 5.92 Å². The lowest BCUT2D eigenvalue weighted by molar-refractivity contribution is -0.137. The topological polar surface area (TPSA) is 86.6 Å². The Morgan fingerprint density at radius 3 is 2.68 bits per heavy atom. The molecular formula is C13H14ClNO4. The second kappa shape index (κ2) is 5.48. The molecule has 0 bridgehead atoms. The highest BCUT2D eigenvalue weighted by Crippen LogP contribution is 2.34. The van der Waals surface area contributed by atoms with Gasteiger partial charge in [-0.15, -0.1) is 0 Å². The third kappa shape index (κ3) is 3.61. The number of halogens is 1. The number of carboxylic acids is 1. The van der Waals surface area contributed by atoms with Crippen LogP contribution in [0.5, 0.6) is 5.75 Å². The Hall–Kier alpha value is -1.75. The van der Waals surface area contributed by atoms with E-state index in [2.05, 4.69) is 5.32 Å². The van der Waals surface area contributed by atoms with Crippen molar-refractivity contribution < 1.29 is 19.8 Å². The molecule has 0 saturated heterocycles. The molecule has 1 atom stereocenters. The van der Waals surface area contributed by atoms with Gasteiger partial charge in [-0.1, -0.05) is 11.6 Å². The van der Waals surface area contributed by atoms with Gasteiger partial charge in [0.05, 0.1) is 17.0 Å². The number of carboxylic acid groups (broad SMARTS) is 1. The number of nitrogens with one attached hydrogen (secondary N) is 1. The minimum Gasteiger partial charge on any atom is -0.508 e. The fraction of sp³-hybridized carbons (Fsp3) is 0.385. The van der Waals surface area contributed by atoms with Crippen LogP contribution >= 0.6 is 11.6 Å². The summed E-state index contributed by atoms with van der Waals surface area (Å²) in [5.74, 6) is -1.25. The molecule has 2 rings (SSSR count). The van der Waals surface area contributed by atoms with Crippen LogP contribution in [0.3, 0.4) is 0 Å². The van der Waals surface area contributed by atoms with Crippen LogP contribution in [0.25, 0.3) is 0 Å². The summed E-state index contributed by atoms with van der Waals surface area (Å²) >= 11 is 5.89. The summed E-state index contributed by atoms with van der Waals surface area (Å²) in [5, 5.41) is 21.1. The average molecular weight is 284 g/mol. The second-order valence-electron chi connectivity index (χ2n) is 4.68. The number of phenolic OH excluding ortho intramolecular Hbond substituents is 1. The van der Waals surface area contributed by atoms with E-state index < -0.39 is 11.9 Å². The molecule has 0 aliphatic heterocycles. The van der Waals surface area contributed by atoms with E-state index >= 15 is 0 Å². The molecule has 3 N–H and O–H groups in total. The zero-order valence-electron chi connectivity index (χ0n) is 10.1. The van der Waals surface area contributed by atoms with Crippen LogP contribution in [0.2, 0.25) is 5.02 Å². The Morgan fingerprint density at radius 1 is 1.42 bits per heavy atom. The highest BCUT2D eigenvalue weighted by Gasteiger charge is 2.34. The molecule has 1 amide bonds. The van der Waals surface area contributed by atoms with Crippen LogP contribution in [-0.4, -0.2) is 28.1 Å². The van der Waals surface area contributed by atoms with Crippen molar-refractivity contribution in [2.45, 2.75) is 25.3 Å². The van der Waals surface area contributed by atoms with Crippen molar-refractivity contribution in [2.75, 3.05) is 0 Å². The first-order valence-corrected chi connectivity index (χ1v) is 6.36. The molecule has 6 heteroatoms. The van der Waals surface area contributed by atoms with Crippen molar-refractivity contribution in [3.8, 4) is 5.75 Å². The Bertz CT molecular complexity index is 513. The van der Waals surface area contributed by atoms with Gasteiger partial charge < -0.3 is 15.5 Å². The molecule has 1 aliphatic rings. The maximum Gasteiger partial charge on any atom is 0.305 e. The predicted molar refractivity (Wildman–Crippen MR) is 69.3 cm³/mol. The smallest absolute Gasteiger partial charge is 0.305 e. The molecule has 1 aromatic rings. The van der Waals surface area contributed by atoms with E-state index in [1.165, 1.54) is 18.2 Å². The molecule has 19 heavy (non-hydrogen) atoms. The number of rotatable bonds is 5. The number of aliphatic carboxylic acids is 1. The Kier molecular flexibility index (Phi) is 3.95. The number of amides is 1. The maximum atomic E-state index is 12.0. The summed E-state index contributed by atoms with van der Waals surface area (Å²) < 4.78 is 0. The van der Waals surface area contributed by atoms with Crippen molar-refractivity contribution in [3.63, 3.8) is 0 Å². The quantitative estimate of drug-likeness (QED) is 0.772. The first-order chi connectivity index (χ1) is 8.97. The largest absolute Gasteiger partial charge is 0.508 e. The third-order valence-electron chi connectivity index (χ3n) is 3.10. The van der Waals surface area contributed by atoms with E-state index in [0.29, 0.717) is 0 Å². The normalized spacial score (nSPS) is 15.8. The van der Waals surface area contributed by atoms with Crippen LogP contribution in [0.15, 0.2) is 18.2 Å². The second-order valence-corrected chi connectivity index (χ2v) is 5.09. The Labute approximate surface area is 115 Å². The van der Waals surface area contributed by atoms with Gasteiger partial charge in [0.1, 0.15) is 5.75 Å². The van der Waals surface area contributed by atoms with Crippen LogP contribution in [-0.2, 0) is 4.79 Å². The lowest BCUT2D eigenvalue weighted by Gasteiger charge is -2.16. The molecular weight excluding hydrogens is 270 g/mol. The molecule has 1 aliphatic carbocycles. The first-order valence-electron chi connectivity index (χ1n) is 5.98. The fourth-order valence-corrected chi connectivity index (χ4v) is 2.16. The highest BCUT2D eigenvalue weighted by atomic mass is 35.5. The number of aromatic hydroxyl groups is 1. The third-order valence-corrected chi connectivity index (χ3v) is 3.43. The Morgan fingerprint density at radius 2 is 2.11 bits per heavy atom. The number of hydrogen-bond donors (Lipinski definition) is 3. The van der Waals surface area contributed by atoms with Gasteiger partial charge in [-0.2, -0.15) is 0 Å². The van der Waals surface area contributed by atoms with E-state index in [4.69, 9.17) is 16.7 Å². The minimum absolute atomic E-state index is 0.0595. The number of hydrogen-bond acceptors (Lipinski definition) is 3. The van der Waals surface area contributed by atoms with Crippen LogP contribution < -0.4 is 5.32 Å². The molecule has 102 valence electrons. The van der Waals surface area contributed by atoms with Gasteiger partial charge >= 0.3 is 5.97 Å². The van der Waals surface area contributed by atoms with Gasteiger partial charge in [-0.05, 0) is 37.0 Å². The van der Waals surface area contributed by atoms with E-state index in [1.807, 2.05) is 0 Å².